The number of rotatable bonds is 9. The first-order valence-corrected chi connectivity index (χ1v) is 6.10. The van der Waals surface area contributed by atoms with Crippen molar-refractivity contribution in [3.05, 3.63) is 25.3 Å². The van der Waals surface area contributed by atoms with Crippen molar-refractivity contribution in [3.8, 4) is 0 Å². The smallest absolute Gasteiger partial charge is 0.306 e. The molecule has 0 aliphatic rings. The Hall–Kier alpha value is -1.58. The first-order valence-electron chi connectivity index (χ1n) is 6.10. The van der Waals surface area contributed by atoms with Crippen LogP contribution in [0.2, 0.25) is 0 Å². The van der Waals surface area contributed by atoms with E-state index >= 15 is 0 Å². The van der Waals surface area contributed by atoms with Gasteiger partial charge in [0.25, 0.3) is 0 Å². The van der Waals surface area contributed by atoms with Gasteiger partial charge in [-0.15, -0.1) is 13.2 Å². The number of carbonyl (C=O) groups is 2. The van der Waals surface area contributed by atoms with Gasteiger partial charge in [-0.05, 0) is 13.8 Å². The van der Waals surface area contributed by atoms with Gasteiger partial charge in [-0.3, -0.25) is 9.59 Å². The Morgan fingerprint density at radius 1 is 0.944 bits per heavy atom. The van der Waals surface area contributed by atoms with Crippen molar-refractivity contribution in [2.24, 2.45) is 0 Å². The van der Waals surface area contributed by atoms with Gasteiger partial charge < -0.3 is 9.47 Å². The maximum atomic E-state index is 11.4. The first kappa shape index (κ1) is 16.4. The molecule has 0 aromatic heterocycles. The molecule has 0 saturated carbocycles. The molecule has 0 aromatic rings. The van der Waals surface area contributed by atoms with Crippen LogP contribution in [0.5, 0.6) is 0 Å². The fourth-order valence-corrected chi connectivity index (χ4v) is 1.34. The van der Waals surface area contributed by atoms with Crippen molar-refractivity contribution in [3.63, 3.8) is 0 Å². The van der Waals surface area contributed by atoms with E-state index in [4.69, 9.17) is 9.47 Å². The summed E-state index contributed by atoms with van der Waals surface area (Å²) in [5.74, 6) is -0.782. The molecule has 0 fully saturated rings. The Kier molecular flexibility index (Phi) is 8.62. The van der Waals surface area contributed by atoms with E-state index in [1.807, 2.05) is 0 Å². The van der Waals surface area contributed by atoms with Gasteiger partial charge in [0.2, 0.25) is 0 Å². The highest BCUT2D eigenvalue weighted by atomic mass is 16.5. The number of esters is 2. The maximum absolute atomic E-state index is 11.4. The standard InChI is InChI=1S/C14H22O4/c1-5-7-11(3)17-13(15)9-10-14(16)18-12(4)8-6-2/h5-6,11-12H,1-2,7-10H2,3-4H3. The van der Waals surface area contributed by atoms with E-state index in [9.17, 15) is 9.59 Å². The zero-order chi connectivity index (χ0) is 14.0. The van der Waals surface area contributed by atoms with Crippen LogP contribution < -0.4 is 0 Å². The first-order chi connectivity index (χ1) is 8.49. The van der Waals surface area contributed by atoms with Crippen molar-refractivity contribution >= 4 is 11.9 Å². The quantitative estimate of drug-likeness (QED) is 0.469. The molecule has 0 spiro atoms. The molecular weight excluding hydrogens is 232 g/mol. The molecule has 0 aromatic carbocycles. The van der Waals surface area contributed by atoms with Crippen LogP contribution in [0.4, 0.5) is 0 Å². The summed E-state index contributed by atoms with van der Waals surface area (Å²) in [6, 6.07) is 0. The molecule has 2 atom stereocenters. The summed E-state index contributed by atoms with van der Waals surface area (Å²) < 4.78 is 10.1. The van der Waals surface area contributed by atoms with Gasteiger partial charge in [-0.1, -0.05) is 12.2 Å². The highest BCUT2D eigenvalue weighted by molar-refractivity contribution is 5.77. The van der Waals surface area contributed by atoms with Crippen molar-refractivity contribution in [1.82, 2.24) is 0 Å². The summed E-state index contributed by atoms with van der Waals surface area (Å²) in [5, 5.41) is 0. The lowest BCUT2D eigenvalue weighted by molar-refractivity contribution is -0.155. The second kappa shape index (κ2) is 9.45. The molecule has 18 heavy (non-hydrogen) atoms. The minimum Gasteiger partial charge on any atom is -0.462 e. The number of hydrogen-bond acceptors (Lipinski definition) is 4. The van der Waals surface area contributed by atoms with Crippen LogP contribution in [-0.4, -0.2) is 24.1 Å². The minimum absolute atomic E-state index is 0.0428. The lowest BCUT2D eigenvalue weighted by Gasteiger charge is -2.12. The zero-order valence-electron chi connectivity index (χ0n) is 11.2. The predicted octanol–water partition coefficient (Wildman–Crippen LogP) is 2.78. The second-order valence-corrected chi connectivity index (χ2v) is 4.15. The molecule has 0 bridgehead atoms. The summed E-state index contributed by atoms with van der Waals surface area (Å²) in [5.41, 5.74) is 0. The third-order valence-corrected chi connectivity index (χ3v) is 2.20. The molecule has 0 rings (SSSR count). The molecule has 102 valence electrons. The molecule has 0 radical (unpaired) electrons. The van der Waals surface area contributed by atoms with Crippen LogP contribution in [0.25, 0.3) is 0 Å². The van der Waals surface area contributed by atoms with Gasteiger partial charge in [-0.2, -0.15) is 0 Å². The fourth-order valence-electron chi connectivity index (χ4n) is 1.34. The Morgan fingerprint density at radius 2 is 1.28 bits per heavy atom. The van der Waals surface area contributed by atoms with Crippen LogP contribution in [0.1, 0.15) is 39.5 Å². The number of ether oxygens (including phenoxy) is 2. The highest BCUT2D eigenvalue weighted by Crippen LogP contribution is 2.05. The van der Waals surface area contributed by atoms with Crippen LogP contribution in [-0.2, 0) is 19.1 Å². The van der Waals surface area contributed by atoms with Crippen molar-refractivity contribution in [2.75, 3.05) is 0 Å². The van der Waals surface area contributed by atoms with Crippen molar-refractivity contribution < 1.29 is 19.1 Å². The monoisotopic (exact) mass is 254 g/mol. The van der Waals surface area contributed by atoms with E-state index in [-0.39, 0.29) is 25.0 Å². The molecule has 4 nitrogen and oxygen atoms in total. The summed E-state index contributed by atoms with van der Waals surface area (Å²) >= 11 is 0. The average Bonchev–Trinajstić information content (AvgIpc) is 2.27. The van der Waals surface area contributed by atoms with E-state index in [0.29, 0.717) is 12.8 Å². The molecule has 0 aliphatic heterocycles. The topological polar surface area (TPSA) is 52.6 Å². The van der Waals surface area contributed by atoms with E-state index < -0.39 is 11.9 Å². The normalized spacial score (nSPS) is 13.2. The van der Waals surface area contributed by atoms with Crippen molar-refractivity contribution in [1.29, 1.82) is 0 Å². The van der Waals surface area contributed by atoms with E-state index in [2.05, 4.69) is 13.2 Å². The molecule has 0 saturated heterocycles. The van der Waals surface area contributed by atoms with E-state index in [0.717, 1.165) is 0 Å². The van der Waals surface area contributed by atoms with Crippen molar-refractivity contribution in [2.45, 2.75) is 51.7 Å². The molecule has 0 N–H and O–H groups in total. The largest absolute Gasteiger partial charge is 0.462 e. The Labute approximate surface area is 109 Å². The maximum Gasteiger partial charge on any atom is 0.306 e. The third-order valence-electron chi connectivity index (χ3n) is 2.20. The van der Waals surface area contributed by atoms with Gasteiger partial charge in [0, 0.05) is 12.8 Å². The summed E-state index contributed by atoms with van der Waals surface area (Å²) in [7, 11) is 0. The average molecular weight is 254 g/mol. The zero-order valence-corrected chi connectivity index (χ0v) is 11.2. The van der Waals surface area contributed by atoms with Crippen LogP contribution in [0, 0.1) is 0 Å². The molecular formula is C14H22O4. The summed E-state index contributed by atoms with van der Waals surface area (Å²) in [6.45, 7) is 10.7. The van der Waals surface area contributed by atoms with Gasteiger partial charge in [0.05, 0.1) is 12.8 Å². The Morgan fingerprint density at radius 3 is 1.56 bits per heavy atom. The molecule has 0 aliphatic carbocycles. The van der Waals surface area contributed by atoms with Gasteiger partial charge in [0.1, 0.15) is 12.2 Å². The summed E-state index contributed by atoms with van der Waals surface area (Å²) in [6.07, 6.45) is 4.25. The number of hydrogen-bond donors (Lipinski definition) is 0. The van der Waals surface area contributed by atoms with Gasteiger partial charge >= 0.3 is 11.9 Å². The highest BCUT2D eigenvalue weighted by Gasteiger charge is 2.13. The SMILES string of the molecule is C=CCC(C)OC(=O)CCC(=O)OC(C)CC=C. The van der Waals surface area contributed by atoms with Crippen LogP contribution >= 0.6 is 0 Å². The lowest BCUT2D eigenvalue weighted by atomic mass is 10.2. The molecule has 2 unspecified atom stereocenters. The van der Waals surface area contributed by atoms with Crippen LogP contribution in [0.15, 0.2) is 25.3 Å². The fraction of sp³-hybridized carbons (Fsp3) is 0.571. The number of carbonyl (C=O) groups excluding carboxylic acids is 2. The molecule has 0 heterocycles. The summed E-state index contributed by atoms with van der Waals surface area (Å²) in [4.78, 5) is 22.7. The van der Waals surface area contributed by atoms with Gasteiger partial charge in [-0.25, -0.2) is 0 Å². The Balaban J connectivity index is 3.80. The predicted molar refractivity (Wildman–Crippen MR) is 70.0 cm³/mol. The Bertz CT molecular complexity index is 266. The second-order valence-electron chi connectivity index (χ2n) is 4.15. The molecule has 0 amide bonds. The minimum atomic E-state index is -0.391. The lowest BCUT2D eigenvalue weighted by Crippen LogP contribution is -2.18. The van der Waals surface area contributed by atoms with Crippen LogP contribution in [0.3, 0.4) is 0 Å². The van der Waals surface area contributed by atoms with E-state index in [1.165, 1.54) is 0 Å². The third kappa shape index (κ3) is 8.56. The van der Waals surface area contributed by atoms with Gasteiger partial charge in [0.15, 0.2) is 0 Å². The molecule has 4 heteroatoms. The van der Waals surface area contributed by atoms with E-state index in [1.54, 1.807) is 26.0 Å².